The van der Waals surface area contributed by atoms with Crippen LogP contribution in [0.4, 0.5) is 5.69 Å². The molecule has 0 saturated carbocycles. The molecular weight excluding hydrogens is 324 g/mol. The molecule has 0 saturated heterocycles. The van der Waals surface area contributed by atoms with E-state index in [1.54, 1.807) is 13.3 Å². The van der Waals surface area contributed by atoms with Crippen LogP contribution < -0.4 is 14.9 Å². The van der Waals surface area contributed by atoms with Crippen LogP contribution in [0.5, 0.6) is 11.5 Å². The van der Waals surface area contributed by atoms with Gasteiger partial charge in [0.2, 0.25) is 0 Å². The minimum Gasteiger partial charge on any atom is -0.496 e. The van der Waals surface area contributed by atoms with Gasteiger partial charge in [0, 0.05) is 5.56 Å². The van der Waals surface area contributed by atoms with Gasteiger partial charge in [-0.25, -0.2) is 0 Å². The number of methoxy groups -OCH3 is 1. The van der Waals surface area contributed by atoms with Crippen LogP contribution in [-0.2, 0) is 6.61 Å². The topological polar surface area (TPSA) is 42.8 Å². The van der Waals surface area contributed by atoms with Crippen LogP contribution in [0.3, 0.4) is 0 Å². The Morgan fingerprint density at radius 1 is 0.962 bits per heavy atom. The third kappa shape index (κ3) is 4.86. The van der Waals surface area contributed by atoms with Crippen molar-refractivity contribution in [1.82, 2.24) is 0 Å². The molecule has 26 heavy (non-hydrogen) atoms. The number of ether oxygens (including phenoxy) is 2. The summed E-state index contributed by atoms with van der Waals surface area (Å²) in [7, 11) is 1.66. The molecule has 0 aliphatic carbocycles. The first-order valence-electron chi connectivity index (χ1n) is 8.45. The maximum atomic E-state index is 5.88. The number of hydrogen-bond donors (Lipinski definition) is 1. The van der Waals surface area contributed by atoms with Crippen molar-refractivity contribution in [2.45, 2.75) is 13.5 Å². The highest BCUT2D eigenvalue weighted by atomic mass is 16.5. The van der Waals surface area contributed by atoms with Crippen molar-refractivity contribution in [2.24, 2.45) is 5.10 Å². The molecule has 0 fully saturated rings. The van der Waals surface area contributed by atoms with E-state index in [0.717, 1.165) is 28.3 Å². The summed E-state index contributed by atoms with van der Waals surface area (Å²) in [6, 6.07) is 23.7. The highest BCUT2D eigenvalue weighted by molar-refractivity contribution is 5.81. The molecule has 4 nitrogen and oxygen atoms in total. The second-order valence-electron chi connectivity index (χ2n) is 5.91. The molecule has 0 bridgehead atoms. The zero-order valence-electron chi connectivity index (χ0n) is 15.0. The molecule has 3 rings (SSSR count). The lowest BCUT2D eigenvalue weighted by atomic mass is 10.1. The predicted octanol–water partition coefficient (Wildman–Crippen LogP) is 5.03. The summed E-state index contributed by atoms with van der Waals surface area (Å²) < 4.78 is 11.3. The van der Waals surface area contributed by atoms with Gasteiger partial charge in [-0.05, 0) is 55.0 Å². The molecule has 0 aromatic heterocycles. The lowest BCUT2D eigenvalue weighted by Crippen LogP contribution is -2.00. The van der Waals surface area contributed by atoms with E-state index in [9.17, 15) is 0 Å². The first kappa shape index (κ1) is 17.5. The summed E-state index contributed by atoms with van der Waals surface area (Å²) in [6.07, 6.45) is 1.78. The Bertz CT molecular complexity index is 859. The van der Waals surface area contributed by atoms with E-state index in [1.807, 2.05) is 72.8 Å². The van der Waals surface area contributed by atoms with Gasteiger partial charge in [-0.1, -0.05) is 35.9 Å². The zero-order valence-corrected chi connectivity index (χ0v) is 15.0. The van der Waals surface area contributed by atoms with Gasteiger partial charge < -0.3 is 9.47 Å². The molecule has 0 spiro atoms. The summed E-state index contributed by atoms with van der Waals surface area (Å²) in [4.78, 5) is 0. The van der Waals surface area contributed by atoms with E-state index >= 15 is 0 Å². The highest BCUT2D eigenvalue weighted by Gasteiger charge is 2.05. The summed E-state index contributed by atoms with van der Waals surface area (Å²) in [6.45, 7) is 2.49. The number of benzene rings is 3. The number of nitrogens with one attached hydrogen (secondary N) is 1. The predicted molar refractivity (Wildman–Crippen MR) is 106 cm³/mol. The largest absolute Gasteiger partial charge is 0.496 e. The summed E-state index contributed by atoms with van der Waals surface area (Å²) in [5.74, 6) is 1.63. The van der Waals surface area contributed by atoms with E-state index in [2.05, 4.69) is 17.5 Å². The van der Waals surface area contributed by atoms with Crippen LogP contribution in [0.25, 0.3) is 0 Å². The average Bonchev–Trinajstić information content (AvgIpc) is 2.68. The Morgan fingerprint density at radius 3 is 2.46 bits per heavy atom. The molecule has 0 amide bonds. The minimum absolute atomic E-state index is 0.431. The summed E-state index contributed by atoms with van der Waals surface area (Å²) >= 11 is 0. The van der Waals surface area contributed by atoms with Crippen LogP contribution in [-0.4, -0.2) is 13.3 Å². The molecule has 4 heteroatoms. The van der Waals surface area contributed by atoms with Crippen molar-refractivity contribution in [3.63, 3.8) is 0 Å². The Kier molecular flexibility index (Phi) is 5.88. The monoisotopic (exact) mass is 346 g/mol. The number of para-hydroxylation sites is 1. The fraction of sp³-hybridized carbons (Fsp3) is 0.136. The smallest absolute Gasteiger partial charge is 0.125 e. The van der Waals surface area contributed by atoms with Crippen LogP contribution in [0.2, 0.25) is 0 Å². The van der Waals surface area contributed by atoms with Gasteiger partial charge in [-0.3, -0.25) is 5.43 Å². The van der Waals surface area contributed by atoms with Crippen LogP contribution in [0, 0.1) is 6.92 Å². The van der Waals surface area contributed by atoms with E-state index in [-0.39, 0.29) is 0 Å². The van der Waals surface area contributed by atoms with Crippen molar-refractivity contribution < 1.29 is 9.47 Å². The molecule has 0 unspecified atom stereocenters. The molecule has 0 aliphatic rings. The SMILES string of the molecule is COc1ccc(C=NNc2ccccc2)cc1COc1ccc(C)cc1. The lowest BCUT2D eigenvalue weighted by Gasteiger charge is -2.11. The van der Waals surface area contributed by atoms with Gasteiger partial charge in [-0.2, -0.15) is 5.10 Å². The molecule has 0 aliphatic heterocycles. The molecule has 3 aromatic rings. The van der Waals surface area contributed by atoms with Crippen LogP contribution in [0.15, 0.2) is 77.9 Å². The Labute approximate surface area is 154 Å². The van der Waals surface area contributed by atoms with Gasteiger partial charge in [0.1, 0.15) is 18.1 Å². The maximum absolute atomic E-state index is 5.88. The third-order valence-corrected chi connectivity index (χ3v) is 3.90. The fourth-order valence-electron chi connectivity index (χ4n) is 2.48. The van der Waals surface area contributed by atoms with Crippen LogP contribution in [0.1, 0.15) is 16.7 Å². The third-order valence-electron chi connectivity index (χ3n) is 3.90. The van der Waals surface area contributed by atoms with Crippen molar-refractivity contribution in [2.75, 3.05) is 12.5 Å². The average molecular weight is 346 g/mol. The quantitative estimate of drug-likeness (QED) is 0.482. The molecule has 3 aromatic carbocycles. The standard InChI is InChI=1S/C22H22N2O2/c1-17-8-11-21(12-9-17)26-16-19-14-18(10-13-22(19)25-2)15-23-24-20-6-4-3-5-7-20/h3-15,24H,16H2,1-2H3. The highest BCUT2D eigenvalue weighted by Crippen LogP contribution is 2.22. The zero-order chi connectivity index (χ0) is 18.2. The number of anilines is 1. The number of nitrogens with zero attached hydrogens (tertiary/aromatic N) is 1. The lowest BCUT2D eigenvalue weighted by molar-refractivity contribution is 0.296. The second kappa shape index (κ2) is 8.72. The van der Waals surface area contributed by atoms with Gasteiger partial charge in [-0.15, -0.1) is 0 Å². The number of rotatable bonds is 7. The van der Waals surface area contributed by atoms with E-state index in [4.69, 9.17) is 9.47 Å². The van der Waals surface area contributed by atoms with Crippen molar-refractivity contribution >= 4 is 11.9 Å². The molecular formula is C22H22N2O2. The van der Waals surface area contributed by atoms with Gasteiger partial charge >= 0.3 is 0 Å². The van der Waals surface area contributed by atoms with Gasteiger partial charge in [0.15, 0.2) is 0 Å². The van der Waals surface area contributed by atoms with E-state index in [1.165, 1.54) is 5.56 Å². The van der Waals surface area contributed by atoms with Crippen LogP contribution >= 0.6 is 0 Å². The minimum atomic E-state index is 0.431. The Balaban J connectivity index is 1.68. The summed E-state index contributed by atoms with van der Waals surface area (Å²) in [5.41, 5.74) is 7.10. The Hall–Kier alpha value is -3.27. The molecule has 1 N–H and O–H groups in total. The van der Waals surface area contributed by atoms with Crippen molar-refractivity contribution in [3.05, 3.63) is 89.5 Å². The molecule has 0 radical (unpaired) electrons. The fourth-order valence-corrected chi connectivity index (χ4v) is 2.48. The normalized spacial score (nSPS) is 10.7. The number of aryl methyl sites for hydroxylation is 1. The Morgan fingerprint density at radius 2 is 1.73 bits per heavy atom. The van der Waals surface area contributed by atoms with Crippen molar-refractivity contribution in [3.8, 4) is 11.5 Å². The van der Waals surface area contributed by atoms with E-state index < -0.39 is 0 Å². The van der Waals surface area contributed by atoms with E-state index in [0.29, 0.717) is 6.61 Å². The first-order chi connectivity index (χ1) is 12.7. The van der Waals surface area contributed by atoms with Gasteiger partial charge in [0.25, 0.3) is 0 Å². The summed E-state index contributed by atoms with van der Waals surface area (Å²) in [5, 5.41) is 4.28. The number of hydrazone groups is 1. The first-order valence-corrected chi connectivity index (χ1v) is 8.45. The molecule has 132 valence electrons. The number of hydrogen-bond acceptors (Lipinski definition) is 4. The van der Waals surface area contributed by atoms with Crippen molar-refractivity contribution in [1.29, 1.82) is 0 Å². The molecule has 0 atom stereocenters. The molecule has 0 heterocycles. The maximum Gasteiger partial charge on any atom is 0.125 e. The second-order valence-corrected chi connectivity index (χ2v) is 5.91. The van der Waals surface area contributed by atoms with Gasteiger partial charge in [0.05, 0.1) is 19.0 Å².